The van der Waals surface area contributed by atoms with Crippen molar-refractivity contribution in [2.75, 3.05) is 26.2 Å². The van der Waals surface area contributed by atoms with Crippen molar-refractivity contribution in [1.82, 2.24) is 19.8 Å². The van der Waals surface area contributed by atoms with E-state index in [2.05, 4.69) is 23.7 Å². The number of nitrogens with zero attached hydrogens (tertiary/aromatic N) is 3. The van der Waals surface area contributed by atoms with Gasteiger partial charge in [-0.2, -0.15) is 0 Å². The number of hydrogen-bond acceptors (Lipinski definition) is 3. The van der Waals surface area contributed by atoms with E-state index in [0.717, 1.165) is 51.0 Å². The van der Waals surface area contributed by atoms with E-state index in [-0.39, 0.29) is 5.91 Å². The summed E-state index contributed by atoms with van der Waals surface area (Å²) in [4.78, 5) is 25.4. The highest BCUT2D eigenvalue weighted by Gasteiger charge is 2.37. The molecule has 1 fully saturated rings. The Balaban J connectivity index is 1.47. The van der Waals surface area contributed by atoms with Crippen LogP contribution in [0.4, 0.5) is 0 Å². The van der Waals surface area contributed by atoms with Crippen molar-refractivity contribution in [1.29, 1.82) is 0 Å². The number of H-pyrrole nitrogens is 1. The monoisotopic (exact) mass is 366 g/mol. The molecule has 0 saturated carbocycles. The normalized spacial score (nSPS) is 21.4. The molecule has 27 heavy (non-hydrogen) atoms. The maximum absolute atomic E-state index is 12.7. The molecule has 1 amide bonds. The van der Waals surface area contributed by atoms with E-state index in [0.29, 0.717) is 17.9 Å². The van der Waals surface area contributed by atoms with Crippen LogP contribution in [0.5, 0.6) is 0 Å². The van der Waals surface area contributed by atoms with Crippen LogP contribution in [0, 0.1) is 11.8 Å². The number of imidazole rings is 1. The summed E-state index contributed by atoms with van der Waals surface area (Å²) in [6.45, 7) is 8.46. The predicted octanol–water partition coefficient (Wildman–Crippen LogP) is 3.52. The average molecular weight is 367 g/mol. The zero-order chi connectivity index (χ0) is 18.8. The molecule has 144 valence electrons. The number of amides is 1. The fourth-order valence-electron chi connectivity index (χ4n) is 4.73. The Kier molecular flexibility index (Phi) is 5.30. The second kappa shape index (κ2) is 7.85. The smallest absolute Gasteiger partial charge is 0.253 e. The van der Waals surface area contributed by atoms with E-state index in [1.54, 1.807) is 0 Å². The van der Waals surface area contributed by atoms with Crippen LogP contribution in [0.15, 0.2) is 36.7 Å². The first-order valence-corrected chi connectivity index (χ1v) is 10.2. The van der Waals surface area contributed by atoms with Crippen LogP contribution in [-0.4, -0.2) is 51.9 Å². The van der Waals surface area contributed by atoms with Crippen LogP contribution >= 0.6 is 0 Å². The molecule has 4 rings (SSSR count). The number of rotatable bonds is 4. The fourth-order valence-corrected chi connectivity index (χ4v) is 4.73. The van der Waals surface area contributed by atoms with Gasteiger partial charge in [-0.1, -0.05) is 32.0 Å². The van der Waals surface area contributed by atoms with Crippen molar-refractivity contribution >= 4 is 5.91 Å². The second-order valence-corrected chi connectivity index (χ2v) is 8.35. The van der Waals surface area contributed by atoms with E-state index in [1.165, 1.54) is 11.4 Å². The summed E-state index contributed by atoms with van der Waals surface area (Å²) in [5.74, 6) is 1.37. The summed E-state index contributed by atoms with van der Waals surface area (Å²) < 4.78 is 0. The van der Waals surface area contributed by atoms with Crippen LogP contribution in [0.2, 0.25) is 0 Å². The molecule has 3 heterocycles. The summed E-state index contributed by atoms with van der Waals surface area (Å²) in [6.07, 6.45) is 5.00. The third kappa shape index (κ3) is 3.79. The topological polar surface area (TPSA) is 52.2 Å². The first-order chi connectivity index (χ1) is 13.1. The van der Waals surface area contributed by atoms with Gasteiger partial charge in [-0.05, 0) is 36.8 Å². The van der Waals surface area contributed by atoms with Gasteiger partial charge in [0.2, 0.25) is 0 Å². The Labute approximate surface area is 161 Å². The molecule has 1 saturated heterocycles. The molecule has 1 unspecified atom stereocenters. The Bertz CT molecular complexity index is 762. The Morgan fingerprint density at radius 2 is 1.93 bits per heavy atom. The second-order valence-electron chi connectivity index (χ2n) is 8.35. The van der Waals surface area contributed by atoms with Crippen LogP contribution < -0.4 is 0 Å². The first-order valence-electron chi connectivity index (χ1n) is 10.2. The highest BCUT2D eigenvalue weighted by atomic mass is 16.2. The SMILES string of the molecule is CC(C)CN1CCc2[nH]cnc2C1C1CCN(C(=O)c2ccccc2)CC1. The number of piperidine rings is 1. The molecular weight excluding hydrogens is 336 g/mol. The summed E-state index contributed by atoms with van der Waals surface area (Å²) >= 11 is 0. The number of aromatic nitrogens is 2. The van der Waals surface area contributed by atoms with Gasteiger partial charge in [-0.25, -0.2) is 4.98 Å². The molecule has 5 heteroatoms. The number of fused-ring (bicyclic) bond motifs is 1. The summed E-state index contributed by atoms with van der Waals surface area (Å²) in [6, 6.07) is 10.0. The number of nitrogens with one attached hydrogen (secondary N) is 1. The van der Waals surface area contributed by atoms with Gasteiger partial charge in [0.05, 0.1) is 18.1 Å². The molecule has 2 aromatic rings. The highest BCUT2D eigenvalue weighted by molar-refractivity contribution is 5.94. The summed E-state index contributed by atoms with van der Waals surface area (Å²) in [7, 11) is 0. The fraction of sp³-hybridized carbons (Fsp3) is 0.545. The van der Waals surface area contributed by atoms with Gasteiger partial charge in [0.15, 0.2) is 0 Å². The van der Waals surface area contributed by atoms with Crippen molar-refractivity contribution in [3.63, 3.8) is 0 Å². The van der Waals surface area contributed by atoms with Crippen molar-refractivity contribution in [3.8, 4) is 0 Å². The van der Waals surface area contributed by atoms with E-state index >= 15 is 0 Å². The molecule has 0 spiro atoms. The number of likely N-dealkylation sites (tertiary alicyclic amines) is 1. The highest BCUT2D eigenvalue weighted by Crippen LogP contribution is 2.39. The molecular formula is C22H30N4O. The summed E-state index contributed by atoms with van der Waals surface area (Å²) in [5.41, 5.74) is 3.35. The van der Waals surface area contributed by atoms with Gasteiger partial charge in [-0.15, -0.1) is 0 Å². The van der Waals surface area contributed by atoms with Crippen molar-refractivity contribution < 1.29 is 4.79 Å². The number of aromatic amines is 1. The lowest BCUT2D eigenvalue weighted by atomic mass is 9.83. The van der Waals surface area contributed by atoms with Crippen molar-refractivity contribution in [2.24, 2.45) is 11.8 Å². The van der Waals surface area contributed by atoms with E-state index in [1.807, 2.05) is 41.6 Å². The molecule has 0 bridgehead atoms. The number of carbonyl (C=O) groups is 1. The lowest BCUT2D eigenvalue weighted by molar-refractivity contribution is 0.0520. The maximum atomic E-state index is 12.7. The minimum absolute atomic E-state index is 0.164. The van der Waals surface area contributed by atoms with Crippen molar-refractivity contribution in [2.45, 2.75) is 39.2 Å². The molecule has 1 N–H and O–H groups in total. The Morgan fingerprint density at radius 3 is 2.63 bits per heavy atom. The van der Waals surface area contributed by atoms with Gasteiger partial charge in [0.1, 0.15) is 0 Å². The molecule has 1 aromatic carbocycles. The zero-order valence-corrected chi connectivity index (χ0v) is 16.4. The third-order valence-electron chi connectivity index (χ3n) is 5.97. The Hall–Kier alpha value is -2.14. The molecule has 0 aliphatic carbocycles. The first kappa shape index (κ1) is 18.2. The van der Waals surface area contributed by atoms with Crippen LogP contribution in [-0.2, 0) is 6.42 Å². The van der Waals surface area contributed by atoms with Gasteiger partial charge in [0.25, 0.3) is 5.91 Å². The minimum Gasteiger partial charge on any atom is -0.348 e. The van der Waals surface area contributed by atoms with E-state index in [4.69, 9.17) is 4.98 Å². The molecule has 2 aliphatic rings. The Morgan fingerprint density at radius 1 is 1.19 bits per heavy atom. The number of benzene rings is 1. The molecule has 1 aromatic heterocycles. The average Bonchev–Trinajstić information content (AvgIpc) is 3.16. The lowest BCUT2D eigenvalue weighted by Gasteiger charge is -2.43. The van der Waals surface area contributed by atoms with Gasteiger partial charge in [0, 0.05) is 43.9 Å². The van der Waals surface area contributed by atoms with Crippen molar-refractivity contribution in [3.05, 3.63) is 53.6 Å². The van der Waals surface area contributed by atoms with Crippen LogP contribution in [0.25, 0.3) is 0 Å². The largest absolute Gasteiger partial charge is 0.348 e. The maximum Gasteiger partial charge on any atom is 0.253 e. The van der Waals surface area contributed by atoms with Gasteiger partial charge in [-0.3, -0.25) is 9.69 Å². The van der Waals surface area contributed by atoms with Gasteiger partial charge < -0.3 is 9.88 Å². The van der Waals surface area contributed by atoms with Crippen LogP contribution in [0.1, 0.15) is 54.5 Å². The quantitative estimate of drug-likeness (QED) is 0.901. The van der Waals surface area contributed by atoms with E-state index in [9.17, 15) is 4.79 Å². The van der Waals surface area contributed by atoms with Gasteiger partial charge >= 0.3 is 0 Å². The zero-order valence-electron chi connectivity index (χ0n) is 16.4. The summed E-state index contributed by atoms with van der Waals surface area (Å²) in [5, 5.41) is 0. The number of carbonyl (C=O) groups excluding carboxylic acids is 1. The standard InChI is InChI=1S/C22H30N4O/c1-16(2)14-26-13-10-19-20(24-15-23-19)21(26)17-8-11-25(12-9-17)22(27)18-6-4-3-5-7-18/h3-7,15-17,21H,8-14H2,1-2H3,(H,23,24). The lowest BCUT2D eigenvalue weighted by Crippen LogP contribution is -2.46. The predicted molar refractivity (Wildman–Crippen MR) is 107 cm³/mol. The van der Waals surface area contributed by atoms with Crippen LogP contribution in [0.3, 0.4) is 0 Å². The number of hydrogen-bond donors (Lipinski definition) is 1. The van der Waals surface area contributed by atoms with E-state index < -0.39 is 0 Å². The molecule has 5 nitrogen and oxygen atoms in total. The third-order valence-corrected chi connectivity index (χ3v) is 5.97. The molecule has 0 radical (unpaired) electrons. The minimum atomic E-state index is 0.164. The molecule has 2 aliphatic heterocycles. The molecule has 1 atom stereocenters.